The van der Waals surface area contributed by atoms with E-state index in [1.807, 2.05) is 79.8 Å². The van der Waals surface area contributed by atoms with E-state index in [0.717, 1.165) is 39.7 Å². The average molecular weight is 491 g/mol. The van der Waals surface area contributed by atoms with Gasteiger partial charge in [0.25, 0.3) is 5.91 Å². The molecular formula is C25H27ClN8O. The Kier molecular flexibility index (Phi) is 5.82. The van der Waals surface area contributed by atoms with Gasteiger partial charge in [-0.25, -0.2) is 0 Å². The first kappa shape index (κ1) is 23.1. The lowest BCUT2D eigenvalue weighted by Crippen LogP contribution is -2.34. The number of hydrogen-bond donors (Lipinski definition) is 2. The number of halogens is 1. The highest BCUT2D eigenvalue weighted by molar-refractivity contribution is 6.30. The molecule has 0 saturated carbocycles. The van der Waals surface area contributed by atoms with Gasteiger partial charge in [-0.05, 0) is 57.1 Å². The third kappa shape index (κ3) is 3.86. The number of carbonyl (C=O) groups excluding carboxylic acids is 1. The van der Waals surface area contributed by atoms with Gasteiger partial charge in [-0.3, -0.25) is 18.8 Å². The summed E-state index contributed by atoms with van der Waals surface area (Å²) in [4.78, 5) is 16.0. The van der Waals surface area contributed by atoms with E-state index >= 15 is 0 Å². The predicted octanol–water partition coefficient (Wildman–Crippen LogP) is 3.80. The number of fused-ring (bicyclic) bond motifs is 1. The van der Waals surface area contributed by atoms with Crippen molar-refractivity contribution in [3.63, 3.8) is 0 Å². The number of hydrogen-bond acceptors (Lipinski definition) is 6. The van der Waals surface area contributed by atoms with Crippen LogP contribution in [0.5, 0.6) is 0 Å². The van der Waals surface area contributed by atoms with Crippen molar-refractivity contribution in [3.8, 4) is 0 Å². The van der Waals surface area contributed by atoms with Crippen LogP contribution in [0, 0.1) is 13.8 Å². The fourth-order valence-corrected chi connectivity index (χ4v) is 4.74. The molecule has 0 saturated heterocycles. The molecule has 0 aliphatic carbocycles. The second-order valence-electron chi connectivity index (χ2n) is 8.76. The molecular weight excluding hydrogens is 464 g/mol. The van der Waals surface area contributed by atoms with E-state index in [-0.39, 0.29) is 18.0 Å². The van der Waals surface area contributed by atoms with Gasteiger partial charge >= 0.3 is 0 Å². The first-order chi connectivity index (χ1) is 16.8. The van der Waals surface area contributed by atoms with Crippen LogP contribution in [0.15, 0.2) is 60.1 Å². The Bertz CT molecular complexity index is 1450. The zero-order valence-electron chi connectivity index (χ0n) is 20.2. The topological polar surface area (TPSA) is 92.4 Å². The number of nitrogens with zero attached hydrogens (tertiary/aromatic N) is 6. The predicted molar refractivity (Wildman–Crippen MR) is 137 cm³/mol. The number of pyridine rings is 1. The van der Waals surface area contributed by atoms with E-state index in [1.165, 1.54) is 0 Å². The Balaban J connectivity index is 1.73. The minimum Gasteiger partial charge on any atom is -0.336 e. The number of carbonyl (C=O) groups is 1. The van der Waals surface area contributed by atoms with Crippen LogP contribution in [0.3, 0.4) is 0 Å². The molecule has 1 aliphatic rings. The SMILES string of the molecule is CNC(C)C1=C(Nc2ccnn2C)C(=O)N(c2cc(C)c3nnc(C)n3c2)C1c1ccc(Cl)cc1. The van der Waals surface area contributed by atoms with E-state index in [1.54, 1.807) is 10.9 Å². The van der Waals surface area contributed by atoms with E-state index in [4.69, 9.17) is 11.6 Å². The summed E-state index contributed by atoms with van der Waals surface area (Å²) in [7, 11) is 3.73. The molecule has 35 heavy (non-hydrogen) atoms. The van der Waals surface area contributed by atoms with Crippen LogP contribution in [-0.2, 0) is 11.8 Å². The smallest absolute Gasteiger partial charge is 0.275 e. The first-order valence-corrected chi connectivity index (χ1v) is 11.7. The number of likely N-dealkylation sites (N-methyl/N-ethyl adjacent to an activating group) is 1. The lowest BCUT2D eigenvalue weighted by Gasteiger charge is -2.30. The molecule has 1 amide bonds. The minimum absolute atomic E-state index is 0.0955. The molecule has 1 aromatic carbocycles. The van der Waals surface area contributed by atoms with Crippen molar-refractivity contribution in [2.75, 3.05) is 17.3 Å². The summed E-state index contributed by atoms with van der Waals surface area (Å²) in [5.41, 5.74) is 4.87. The molecule has 2 unspecified atom stereocenters. The Morgan fingerprint density at radius 1 is 1.11 bits per heavy atom. The second-order valence-corrected chi connectivity index (χ2v) is 9.19. The van der Waals surface area contributed by atoms with Crippen LogP contribution in [0.2, 0.25) is 5.02 Å². The Morgan fingerprint density at radius 2 is 1.86 bits per heavy atom. The maximum Gasteiger partial charge on any atom is 0.275 e. The molecule has 4 aromatic rings. The van der Waals surface area contributed by atoms with Crippen LogP contribution < -0.4 is 15.5 Å². The zero-order chi connectivity index (χ0) is 24.9. The van der Waals surface area contributed by atoms with E-state index in [2.05, 4.69) is 32.9 Å². The molecule has 2 N–H and O–H groups in total. The van der Waals surface area contributed by atoms with Gasteiger partial charge in [0.15, 0.2) is 5.65 Å². The van der Waals surface area contributed by atoms with Crippen LogP contribution in [-0.4, -0.2) is 43.4 Å². The highest BCUT2D eigenvalue weighted by Gasteiger charge is 2.43. The molecule has 180 valence electrons. The molecule has 3 aromatic heterocycles. The fourth-order valence-electron chi connectivity index (χ4n) is 4.62. The molecule has 0 bridgehead atoms. The van der Waals surface area contributed by atoms with Crippen molar-refractivity contribution < 1.29 is 4.79 Å². The summed E-state index contributed by atoms with van der Waals surface area (Å²) in [6.45, 7) is 5.93. The van der Waals surface area contributed by atoms with Gasteiger partial charge in [0, 0.05) is 35.9 Å². The average Bonchev–Trinajstić information content (AvgIpc) is 3.51. The summed E-state index contributed by atoms with van der Waals surface area (Å²) in [5.74, 6) is 1.35. The number of benzene rings is 1. The van der Waals surface area contributed by atoms with Gasteiger partial charge in [-0.1, -0.05) is 23.7 Å². The normalized spacial score (nSPS) is 17.0. The Hall–Kier alpha value is -3.69. The number of anilines is 2. The third-order valence-corrected chi connectivity index (χ3v) is 6.81. The van der Waals surface area contributed by atoms with Crippen molar-refractivity contribution in [3.05, 3.63) is 82.0 Å². The van der Waals surface area contributed by atoms with Crippen molar-refractivity contribution in [1.29, 1.82) is 0 Å². The van der Waals surface area contributed by atoms with Crippen LogP contribution in [0.4, 0.5) is 11.5 Å². The molecule has 4 heterocycles. The Morgan fingerprint density at radius 3 is 2.51 bits per heavy atom. The number of nitrogens with one attached hydrogen (secondary N) is 2. The van der Waals surface area contributed by atoms with Crippen LogP contribution >= 0.6 is 11.6 Å². The standard InChI is InChI=1S/C25H27ClN8O/c1-14-12-19(13-33-16(3)30-31-24(14)33)34-23(17-6-8-18(26)9-7-17)21(15(2)27-4)22(25(34)35)29-20-10-11-28-32(20)5/h6-13,15,23,27,29H,1-5H3. The van der Waals surface area contributed by atoms with Gasteiger partial charge in [0.05, 0.1) is 17.9 Å². The minimum atomic E-state index is -0.355. The lowest BCUT2D eigenvalue weighted by atomic mass is 9.94. The van der Waals surface area contributed by atoms with Gasteiger partial charge in [-0.2, -0.15) is 5.10 Å². The lowest BCUT2D eigenvalue weighted by molar-refractivity contribution is -0.114. The van der Waals surface area contributed by atoms with Crippen molar-refractivity contribution in [2.24, 2.45) is 7.05 Å². The van der Waals surface area contributed by atoms with Gasteiger partial charge in [-0.15, -0.1) is 10.2 Å². The Labute approximate surface area is 208 Å². The van der Waals surface area contributed by atoms with Gasteiger partial charge in [0.2, 0.25) is 0 Å². The fraction of sp³-hybridized carbons (Fsp3) is 0.280. The van der Waals surface area contributed by atoms with Crippen molar-refractivity contribution >= 4 is 34.7 Å². The summed E-state index contributed by atoms with van der Waals surface area (Å²) < 4.78 is 3.63. The maximum atomic E-state index is 14.2. The molecule has 10 heteroatoms. The molecule has 2 atom stereocenters. The van der Waals surface area contributed by atoms with Gasteiger partial charge < -0.3 is 10.6 Å². The number of aryl methyl sites for hydroxylation is 3. The van der Waals surface area contributed by atoms with Gasteiger partial charge in [0.1, 0.15) is 17.3 Å². The summed E-state index contributed by atoms with van der Waals surface area (Å²) >= 11 is 6.21. The van der Waals surface area contributed by atoms with Crippen LogP contribution in [0.25, 0.3) is 5.65 Å². The monoisotopic (exact) mass is 490 g/mol. The van der Waals surface area contributed by atoms with E-state index in [0.29, 0.717) is 10.7 Å². The van der Waals surface area contributed by atoms with E-state index in [9.17, 15) is 4.79 Å². The second kappa shape index (κ2) is 8.83. The summed E-state index contributed by atoms with van der Waals surface area (Å²) in [6, 6.07) is 11.0. The van der Waals surface area contributed by atoms with E-state index < -0.39 is 0 Å². The highest BCUT2D eigenvalue weighted by atomic mass is 35.5. The number of rotatable bonds is 6. The maximum absolute atomic E-state index is 14.2. The highest BCUT2D eigenvalue weighted by Crippen LogP contribution is 2.43. The number of amides is 1. The molecule has 0 fully saturated rings. The zero-order valence-corrected chi connectivity index (χ0v) is 21.0. The molecule has 0 spiro atoms. The van der Waals surface area contributed by atoms with Crippen molar-refractivity contribution in [1.82, 2.24) is 29.7 Å². The summed E-state index contributed by atoms with van der Waals surface area (Å²) in [6.07, 6.45) is 3.62. The van der Waals surface area contributed by atoms with Crippen LogP contribution in [0.1, 0.15) is 29.9 Å². The largest absolute Gasteiger partial charge is 0.336 e. The molecule has 1 aliphatic heterocycles. The molecule has 0 radical (unpaired) electrons. The molecule has 5 rings (SSSR count). The number of aromatic nitrogens is 5. The summed E-state index contributed by atoms with van der Waals surface area (Å²) in [5, 5.41) is 20.1. The third-order valence-electron chi connectivity index (χ3n) is 6.56. The van der Waals surface area contributed by atoms with Crippen molar-refractivity contribution in [2.45, 2.75) is 32.9 Å². The first-order valence-electron chi connectivity index (χ1n) is 11.4. The molecule has 9 nitrogen and oxygen atoms in total. The quantitative estimate of drug-likeness (QED) is 0.427.